The average molecular weight is 257 g/mol. The number of amides is 1. The van der Waals surface area contributed by atoms with Crippen LogP contribution in [0.2, 0.25) is 0 Å². The van der Waals surface area contributed by atoms with Crippen LogP contribution < -0.4 is 5.32 Å². The molecule has 0 spiro atoms. The van der Waals surface area contributed by atoms with Gasteiger partial charge in [-0.2, -0.15) is 5.10 Å². The number of nitrogens with zero attached hydrogens (tertiary/aromatic N) is 2. The largest absolute Gasteiger partial charge is 0.394 e. The molecule has 4 N–H and O–H groups in total. The number of hydrogen-bond acceptors (Lipinski definition) is 5. The second-order valence-electron chi connectivity index (χ2n) is 4.39. The average Bonchev–Trinajstić information content (AvgIpc) is 2.65. The molecule has 102 valence electrons. The molecule has 7 nitrogen and oxygen atoms in total. The summed E-state index contributed by atoms with van der Waals surface area (Å²) in [6.45, 7) is 2.00. The number of aryl methyl sites for hydroxylation is 2. The third-order valence-corrected chi connectivity index (χ3v) is 2.71. The van der Waals surface area contributed by atoms with Crippen molar-refractivity contribution >= 4 is 5.91 Å². The number of rotatable bonds is 6. The van der Waals surface area contributed by atoms with Crippen LogP contribution in [0.5, 0.6) is 0 Å². The molecule has 0 atom stereocenters. The Kier molecular flexibility index (Phi) is 4.83. The van der Waals surface area contributed by atoms with Crippen molar-refractivity contribution in [3.8, 4) is 0 Å². The van der Waals surface area contributed by atoms with Gasteiger partial charge in [-0.3, -0.25) is 9.48 Å². The summed E-state index contributed by atoms with van der Waals surface area (Å²) in [4.78, 5) is 11.8. The zero-order valence-corrected chi connectivity index (χ0v) is 10.6. The van der Waals surface area contributed by atoms with Crippen LogP contribution in [-0.2, 0) is 11.3 Å². The van der Waals surface area contributed by atoms with E-state index in [0.29, 0.717) is 0 Å². The number of carbonyl (C=O) groups excluding carboxylic acids is 1. The number of nitrogens with one attached hydrogen (secondary N) is 1. The highest BCUT2D eigenvalue weighted by Gasteiger charge is 2.30. The van der Waals surface area contributed by atoms with Gasteiger partial charge < -0.3 is 20.6 Å². The molecule has 0 aliphatic rings. The highest BCUT2D eigenvalue weighted by atomic mass is 16.3. The van der Waals surface area contributed by atoms with E-state index < -0.39 is 31.3 Å². The monoisotopic (exact) mass is 257 g/mol. The standard InChI is InChI=1S/C11H19N3O4/c1-8-3-9(2)14(13-8)4-10(18)12-11(5-15,6-16)7-17/h3,15-17H,4-7H2,1-2H3,(H,12,18). The molecule has 1 rings (SSSR count). The minimum absolute atomic E-state index is 0.0264. The van der Waals surface area contributed by atoms with E-state index in [0.717, 1.165) is 11.4 Å². The fraction of sp³-hybridized carbons (Fsp3) is 0.636. The van der Waals surface area contributed by atoms with Crippen LogP contribution in [0, 0.1) is 13.8 Å². The minimum Gasteiger partial charge on any atom is -0.394 e. The number of aromatic nitrogens is 2. The van der Waals surface area contributed by atoms with E-state index in [-0.39, 0.29) is 6.54 Å². The third-order valence-electron chi connectivity index (χ3n) is 2.71. The van der Waals surface area contributed by atoms with E-state index in [1.807, 2.05) is 19.9 Å². The Morgan fingerprint density at radius 1 is 1.33 bits per heavy atom. The lowest BCUT2D eigenvalue weighted by molar-refractivity contribution is -0.126. The topological polar surface area (TPSA) is 108 Å². The maximum absolute atomic E-state index is 11.8. The van der Waals surface area contributed by atoms with Crippen molar-refractivity contribution in [2.45, 2.75) is 25.9 Å². The fourth-order valence-electron chi connectivity index (χ4n) is 1.57. The molecule has 1 amide bonds. The molecule has 0 bridgehead atoms. The van der Waals surface area contributed by atoms with E-state index in [9.17, 15) is 4.79 Å². The van der Waals surface area contributed by atoms with Gasteiger partial charge in [0.2, 0.25) is 5.91 Å². The molecule has 18 heavy (non-hydrogen) atoms. The van der Waals surface area contributed by atoms with E-state index in [4.69, 9.17) is 15.3 Å². The first-order valence-corrected chi connectivity index (χ1v) is 5.61. The van der Waals surface area contributed by atoms with Gasteiger partial charge in [0.1, 0.15) is 12.1 Å². The lowest BCUT2D eigenvalue weighted by Gasteiger charge is -2.28. The van der Waals surface area contributed by atoms with Gasteiger partial charge in [-0.05, 0) is 19.9 Å². The highest BCUT2D eigenvalue weighted by Crippen LogP contribution is 2.04. The first-order chi connectivity index (χ1) is 8.46. The Labute approximate surface area is 105 Å². The van der Waals surface area contributed by atoms with Crippen molar-refractivity contribution in [1.29, 1.82) is 0 Å². The number of aliphatic hydroxyl groups excluding tert-OH is 3. The zero-order valence-electron chi connectivity index (χ0n) is 10.6. The SMILES string of the molecule is Cc1cc(C)n(CC(=O)NC(CO)(CO)CO)n1. The fourth-order valence-corrected chi connectivity index (χ4v) is 1.57. The van der Waals surface area contributed by atoms with Crippen LogP contribution in [0.15, 0.2) is 6.07 Å². The molecular formula is C11H19N3O4. The molecule has 7 heteroatoms. The molecule has 1 aromatic heterocycles. The quantitative estimate of drug-likeness (QED) is 0.487. The molecule has 0 aromatic carbocycles. The van der Waals surface area contributed by atoms with Crippen molar-refractivity contribution < 1.29 is 20.1 Å². The molecule has 1 heterocycles. The number of hydrogen-bond donors (Lipinski definition) is 4. The summed E-state index contributed by atoms with van der Waals surface area (Å²) in [5.74, 6) is -0.432. The first-order valence-electron chi connectivity index (χ1n) is 5.61. The van der Waals surface area contributed by atoms with Gasteiger partial charge in [-0.15, -0.1) is 0 Å². The molecule has 0 aliphatic heterocycles. The Morgan fingerprint density at radius 3 is 2.28 bits per heavy atom. The molecule has 0 saturated carbocycles. The third kappa shape index (κ3) is 3.28. The van der Waals surface area contributed by atoms with Crippen molar-refractivity contribution in [3.05, 3.63) is 17.5 Å². The maximum Gasteiger partial charge on any atom is 0.242 e. The first kappa shape index (κ1) is 14.6. The van der Waals surface area contributed by atoms with Crippen LogP contribution in [-0.4, -0.2) is 56.4 Å². The van der Waals surface area contributed by atoms with Gasteiger partial charge in [0.25, 0.3) is 0 Å². The van der Waals surface area contributed by atoms with Crippen LogP contribution in [0.4, 0.5) is 0 Å². The Hall–Kier alpha value is -1.44. The van der Waals surface area contributed by atoms with Crippen LogP contribution in [0.25, 0.3) is 0 Å². The summed E-state index contributed by atoms with van der Waals surface area (Å²) >= 11 is 0. The van der Waals surface area contributed by atoms with Gasteiger partial charge in [0.15, 0.2) is 0 Å². The van der Waals surface area contributed by atoms with Gasteiger partial charge in [0, 0.05) is 5.69 Å². The second-order valence-corrected chi connectivity index (χ2v) is 4.39. The lowest BCUT2D eigenvalue weighted by atomic mass is 10.0. The normalized spacial score (nSPS) is 11.6. The lowest BCUT2D eigenvalue weighted by Crippen LogP contribution is -2.57. The van der Waals surface area contributed by atoms with Crippen molar-refractivity contribution in [3.63, 3.8) is 0 Å². The minimum atomic E-state index is -1.40. The van der Waals surface area contributed by atoms with Crippen LogP contribution >= 0.6 is 0 Å². The van der Waals surface area contributed by atoms with E-state index in [2.05, 4.69) is 10.4 Å². The van der Waals surface area contributed by atoms with Crippen molar-refractivity contribution in [2.24, 2.45) is 0 Å². The number of aliphatic hydroxyl groups is 3. The smallest absolute Gasteiger partial charge is 0.242 e. The highest BCUT2D eigenvalue weighted by molar-refractivity contribution is 5.76. The van der Waals surface area contributed by atoms with Gasteiger partial charge in [0.05, 0.1) is 25.5 Å². The van der Waals surface area contributed by atoms with E-state index in [1.165, 1.54) is 4.68 Å². The molecule has 0 radical (unpaired) electrons. The second kappa shape index (κ2) is 5.94. The zero-order chi connectivity index (χ0) is 13.8. The van der Waals surface area contributed by atoms with E-state index in [1.54, 1.807) is 0 Å². The molecule has 0 unspecified atom stereocenters. The molecule has 0 fully saturated rings. The van der Waals surface area contributed by atoms with Crippen LogP contribution in [0.3, 0.4) is 0 Å². The van der Waals surface area contributed by atoms with Crippen molar-refractivity contribution in [1.82, 2.24) is 15.1 Å². The summed E-state index contributed by atoms with van der Waals surface area (Å²) in [7, 11) is 0. The van der Waals surface area contributed by atoms with Gasteiger partial charge in [-0.1, -0.05) is 0 Å². The Morgan fingerprint density at radius 2 is 1.89 bits per heavy atom. The number of carbonyl (C=O) groups is 1. The summed E-state index contributed by atoms with van der Waals surface area (Å²) < 4.78 is 1.52. The molecule has 0 saturated heterocycles. The molecular weight excluding hydrogens is 238 g/mol. The van der Waals surface area contributed by atoms with Crippen LogP contribution in [0.1, 0.15) is 11.4 Å². The van der Waals surface area contributed by atoms with Gasteiger partial charge >= 0.3 is 0 Å². The Bertz CT molecular complexity index is 404. The predicted molar refractivity (Wildman–Crippen MR) is 63.8 cm³/mol. The van der Waals surface area contributed by atoms with Gasteiger partial charge in [-0.25, -0.2) is 0 Å². The summed E-state index contributed by atoms with van der Waals surface area (Å²) in [6.07, 6.45) is 0. The summed E-state index contributed by atoms with van der Waals surface area (Å²) in [5.41, 5.74) is 0.246. The predicted octanol–water partition coefficient (Wildman–Crippen LogP) is -1.67. The van der Waals surface area contributed by atoms with E-state index >= 15 is 0 Å². The maximum atomic E-state index is 11.8. The Balaban J connectivity index is 2.69. The molecule has 0 aliphatic carbocycles. The summed E-state index contributed by atoms with van der Waals surface area (Å²) in [6, 6.07) is 1.84. The summed E-state index contributed by atoms with van der Waals surface area (Å²) in [5, 5.41) is 33.8. The molecule has 1 aromatic rings. The van der Waals surface area contributed by atoms with Crippen molar-refractivity contribution in [2.75, 3.05) is 19.8 Å².